The average Bonchev–Trinajstić information content (AvgIpc) is 2.79. The number of nitrogens with one attached hydrogen (secondary N) is 1. The Balaban J connectivity index is 1.77. The predicted molar refractivity (Wildman–Crippen MR) is 129 cm³/mol. The molecule has 5 rings (SSSR count). The summed E-state index contributed by atoms with van der Waals surface area (Å²) in [6, 6.07) is 27.6. The summed E-state index contributed by atoms with van der Waals surface area (Å²) in [7, 11) is 1.79. The Morgan fingerprint density at radius 1 is 0.839 bits per heavy atom. The van der Waals surface area contributed by atoms with Crippen LogP contribution in [-0.2, 0) is 0 Å². The van der Waals surface area contributed by atoms with Gasteiger partial charge in [-0.1, -0.05) is 35.3 Å². The number of para-hydroxylation sites is 2. The Hall–Kier alpha value is -3.34. The monoisotopic (exact) mass is 444 g/mol. The van der Waals surface area contributed by atoms with E-state index in [1.54, 1.807) is 7.05 Å². The van der Waals surface area contributed by atoms with E-state index in [0.717, 1.165) is 44.8 Å². The molecule has 0 fully saturated rings. The number of aromatic nitrogens is 2. The molecule has 6 heteroatoms. The topological polar surface area (TPSA) is 42.2 Å². The number of fused-ring (bicyclic) bond motifs is 2. The van der Waals surface area contributed by atoms with Gasteiger partial charge >= 0.3 is 0 Å². The minimum Gasteiger partial charge on any atom is -0.354 e. The predicted octanol–water partition coefficient (Wildman–Crippen LogP) is 6.71. The Morgan fingerprint density at radius 3 is 2.23 bits per heavy atom. The van der Waals surface area contributed by atoms with Crippen molar-refractivity contribution >= 4 is 45.6 Å². The maximum absolute atomic E-state index is 6.14. The van der Waals surface area contributed by atoms with Crippen LogP contribution < -0.4 is 10.7 Å². The zero-order valence-electron chi connectivity index (χ0n) is 16.7. The fraction of sp³-hybridized carbons (Fsp3) is 0.0400. The molecule has 1 N–H and O–H groups in total. The number of halogens is 2. The molecule has 1 heterocycles. The molecule has 0 bridgehead atoms. The molecule has 0 aromatic heterocycles. The van der Waals surface area contributed by atoms with Gasteiger partial charge in [-0.15, -0.1) is 0 Å². The van der Waals surface area contributed by atoms with Crippen molar-refractivity contribution in [2.24, 2.45) is 4.99 Å². The van der Waals surface area contributed by atoms with Crippen LogP contribution in [0, 0.1) is 0 Å². The molecule has 2 aliphatic rings. The third kappa shape index (κ3) is 3.76. The molecule has 3 aromatic carbocycles. The van der Waals surface area contributed by atoms with E-state index < -0.39 is 0 Å². The summed E-state index contributed by atoms with van der Waals surface area (Å²) in [6.45, 7) is 0. The molecule has 31 heavy (non-hydrogen) atoms. The SMILES string of the molecule is C/N=c1\cc2n(-c3ccc(Cl)cc3)c3ccccc3nc-2cc1Nc1ccc(Cl)cc1. The van der Waals surface area contributed by atoms with Crippen LogP contribution in [0.15, 0.2) is 89.9 Å². The molecule has 0 amide bonds. The molecular weight excluding hydrogens is 427 g/mol. The molecule has 0 saturated carbocycles. The molecule has 0 saturated heterocycles. The van der Waals surface area contributed by atoms with E-state index >= 15 is 0 Å². The van der Waals surface area contributed by atoms with Crippen LogP contribution in [0.25, 0.3) is 28.1 Å². The number of benzene rings is 4. The van der Waals surface area contributed by atoms with Crippen LogP contribution in [0.5, 0.6) is 0 Å². The lowest BCUT2D eigenvalue weighted by Gasteiger charge is -2.20. The molecule has 1 aliphatic carbocycles. The van der Waals surface area contributed by atoms with Gasteiger partial charge in [0, 0.05) is 28.5 Å². The second kappa shape index (κ2) is 8.06. The van der Waals surface area contributed by atoms with Crippen molar-refractivity contribution < 1.29 is 0 Å². The van der Waals surface area contributed by atoms with Crippen LogP contribution in [0.3, 0.4) is 0 Å². The first-order valence-corrected chi connectivity index (χ1v) is 10.5. The van der Waals surface area contributed by atoms with Crippen molar-refractivity contribution in [3.8, 4) is 17.1 Å². The van der Waals surface area contributed by atoms with Gasteiger partial charge in [0.2, 0.25) is 0 Å². The standard InChI is InChI=1S/C25H18Cl2N4/c1-28-21-15-25-23(14-22(21)29-18-10-6-16(26)7-11-18)30-20-4-2-3-5-24(20)31(25)19-12-8-17(27)9-13-19/h2-15,29H,1H3/b28-21+. The normalized spacial score (nSPS) is 11.9. The van der Waals surface area contributed by atoms with E-state index in [0.29, 0.717) is 10.0 Å². The minimum atomic E-state index is 0.696. The fourth-order valence-electron chi connectivity index (χ4n) is 3.68. The summed E-state index contributed by atoms with van der Waals surface area (Å²) in [5.74, 6) is 0. The highest BCUT2D eigenvalue weighted by atomic mass is 35.5. The minimum absolute atomic E-state index is 0.696. The van der Waals surface area contributed by atoms with Crippen LogP contribution in [0.2, 0.25) is 10.0 Å². The fourth-order valence-corrected chi connectivity index (χ4v) is 3.94. The van der Waals surface area contributed by atoms with E-state index in [-0.39, 0.29) is 0 Å². The maximum atomic E-state index is 6.14. The summed E-state index contributed by atoms with van der Waals surface area (Å²) >= 11 is 12.2. The van der Waals surface area contributed by atoms with Crippen molar-refractivity contribution in [1.29, 1.82) is 0 Å². The molecule has 0 spiro atoms. The first kappa shape index (κ1) is 19.6. The smallest absolute Gasteiger partial charge is 0.0900 e. The van der Waals surface area contributed by atoms with Gasteiger partial charge in [0.1, 0.15) is 0 Å². The lowest BCUT2D eigenvalue weighted by molar-refractivity contribution is 1.07. The molecule has 3 aromatic rings. The van der Waals surface area contributed by atoms with Gasteiger partial charge in [-0.2, -0.15) is 0 Å². The third-order valence-corrected chi connectivity index (χ3v) is 5.65. The second-order valence-electron chi connectivity index (χ2n) is 7.13. The summed E-state index contributed by atoms with van der Waals surface area (Å²) in [4.78, 5) is 9.44. The number of hydrogen-bond donors (Lipinski definition) is 1. The first-order chi connectivity index (χ1) is 15.1. The van der Waals surface area contributed by atoms with Crippen LogP contribution in [0.4, 0.5) is 11.4 Å². The molecule has 1 aliphatic heterocycles. The summed E-state index contributed by atoms with van der Waals surface area (Å²) in [6.07, 6.45) is 0. The Morgan fingerprint density at radius 2 is 1.52 bits per heavy atom. The summed E-state index contributed by atoms with van der Waals surface area (Å²) in [5, 5.41) is 5.67. The van der Waals surface area contributed by atoms with Crippen molar-refractivity contribution in [2.75, 3.05) is 12.4 Å². The number of rotatable bonds is 3. The highest BCUT2D eigenvalue weighted by molar-refractivity contribution is 6.30. The molecule has 0 unspecified atom stereocenters. The van der Waals surface area contributed by atoms with Gasteiger partial charge in [0.25, 0.3) is 0 Å². The number of anilines is 2. The Kier molecular flexibility index (Phi) is 5.10. The zero-order valence-corrected chi connectivity index (χ0v) is 18.2. The van der Waals surface area contributed by atoms with Crippen molar-refractivity contribution in [2.45, 2.75) is 0 Å². The molecule has 152 valence electrons. The van der Waals surface area contributed by atoms with Gasteiger partial charge in [0.15, 0.2) is 0 Å². The molecule has 0 atom stereocenters. The summed E-state index contributed by atoms with van der Waals surface area (Å²) in [5.41, 5.74) is 6.55. The number of hydrogen-bond acceptors (Lipinski definition) is 3. The van der Waals surface area contributed by atoms with Gasteiger partial charge in [-0.25, -0.2) is 4.98 Å². The highest BCUT2D eigenvalue weighted by Crippen LogP contribution is 2.30. The van der Waals surface area contributed by atoms with Crippen LogP contribution >= 0.6 is 23.2 Å². The number of nitrogens with zero attached hydrogens (tertiary/aromatic N) is 3. The zero-order chi connectivity index (χ0) is 21.4. The van der Waals surface area contributed by atoms with Gasteiger partial charge in [-0.05, 0) is 72.8 Å². The van der Waals surface area contributed by atoms with E-state index in [2.05, 4.69) is 27.0 Å². The quantitative estimate of drug-likeness (QED) is 0.314. The Bertz CT molecular complexity index is 1420. The van der Waals surface area contributed by atoms with E-state index in [9.17, 15) is 0 Å². The van der Waals surface area contributed by atoms with Crippen molar-refractivity contribution in [3.05, 3.63) is 100 Å². The largest absolute Gasteiger partial charge is 0.354 e. The van der Waals surface area contributed by atoms with Crippen LogP contribution in [-0.4, -0.2) is 16.6 Å². The van der Waals surface area contributed by atoms with Crippen molar-refractivity contribution in [1.82, 2.24) is 9.55 Å². The van der Waals surface area contributed by atoms with Gasteiger partial charge in [0.05, 0.1) is 33.5 Å². The van der Waals surface area contributed by atoms with Crippen molar-refractivity contribution in [3.63, 3.8) is 0 Å². The molecule has 4 nitrogen and oxygen atoms in total. The third-order valence-electron chi connectivity index (χ3n) is 5.15. The average molecular weight is 445 g/mol. The molecular formula is C25H18Cl2N4. The van der Waals surface area contributed by atoms with Gasteiger partial charge in [-0.3, -0.25) is 4.99 Å². The first-order valence-electron chi connectivity index (χ1n) is 9.79. The lowest BCUT2D eigenvalue weighted by Crippen LogP contribution is -2.14. The van der Waals surface area contributed by atoms with E-state index in [4.69, 9.17) is 28.2 Å². The Labute approximate surface area is 189 Å². The lowest BCUT2D eigenvalue weighted by atomic mass is 10.1. The highest BCUT2D eigenvalue weighted by Gasteiger charge is 2.16. The van der Waals surface area contributed by atoms with E-state index in [1.807, 2.05) is 72.8 Å². The summed E-state index contributed by atoms with van der Waals surface area (Å²) < 4.78 is 2.19. The maximum Gasteiger partial charge on any atom is 0.0900 e. The van der Waals surface area contributed by atoms with E-state index in [1.165, 1.54) is 0 Å². The van der Waals surface area contributed by atoms with Crippen LogP contribution in [0.1, 0.15) is 0 Å². The molecule has 0 radical (unpaired) electrons. The second-order valence-corrected chi connectivity index (χ2v) is 8.00. The van der Waals surface area contributed by atoms with Gasteiger partial charge < -0.3 is 9.88 Å².